The number of pyridine rings is 1. The van der Waals surface area contributed by atoms with Crippen molar-refractivity contribution in [2.24, 2.45) is 5.41 Å². The SMILES string of the molecule is CC(C)(C)[C@H](NC(=O)c1ccc(-c2ccc(Nc3nc4ncc(C(F)(F)F)cc4s3)c(F)c2)cc1)C(=O)OC(=O)C(F)(F)F. The molecular formula is C28H21F7N4O4S. The first kappa shape index (κ1) is 32.3. The van der Waals surface area contributed by atoms with E-state index in [4.69, 9.17) is 0 Å². The third kappa shape index (κ3) is 7.48. The molecule has 2 heterocycles. The maximum Gasteiger partial charge on any atom is 0.491 e. The summed E-state index contributed by atoms with van der Waals surface area (Å²) in [5.74, 6) is -5.85. The number of anilines is 2. The van der Waals surface area contributed by atoms with Crippen molar-refractivity contribution in [3.63, 3.8) is 0 Å². The van der Waals surface area contributed by atoms with Crippen LogP contribution in [0.5, 0.6) is 0 Å². The molecule has 4 aromatic rings. The lowest BCUT2D eigenvalue weighted by Crippen LogP contribution is -2.51. The number of nitrogens with zero attached hydrogens (tertiary/aromatic N) is 2. The van der Waals surface area contributed by atoms with E-state index in [1.807, 2.05) is 0 Å². The molecule has 1 atom stereocenters. The Bertz CT molecular complexity index is 1730. The predicted octanol–water partition coefficient (Wildman–Crippen LogP) is 7.04. The van der Waals surface area contributed by atoms with Crippen LogP contribution in [0.25, 0.3) is 21.5 Å². The fourth-order valence-electron chi connectivity index (χ4n) is 3.80. The second kappa shape index (κ2) is 11.8. The number of fused-ring (bicyclic) bond motifs is 1. The van der Waals surface area contributed by atoms with Crippen molar-refractivity contribution in [1.82, 2.24) is 15.3 Å². The van der Waals surface area contributed by atoms with Gasteiger partial charge in [0.1, 0.15) is 11.9 Å². The molecule has 2 aromatic carbocycles. The minimum Gasteiger partial charge on any atom is -0.385 e. The van der Waals surface area contributed by atoms with E-state index in [-0.39, 0.29) is 26.7 Å². The molecule has 232 valence electrons. The van der Waals surface area contributed by atoms with Crippen molar-refractivity contribution in [2.45, 2.75) is 39.2 Å². The van der Waals surface area contributed by atoms with Crippen molar-refractivity contribution >= 4 is 50.3 Å². The van der Waals surface area contributed by atoms with E-state index >= 15 is 0 Å². The number of thiazole rings is 1. The first-order chi connectivity index (χ1) is 20.3. The predicted molar refractivity (Wildman–Crippen MR) is 145 cm³/mol. The van der Waals surface area contributed by atoms with E-state index in [1.54, 1.807) is 0 Å². The van der Waals surface area contributed by atoms with E-state index in [2.05, 4.69) is 25.3 Å². The normalized spacial score (nSPS) is 13.0. The summed E-state index contributed by atoms with van der Waals surface area (Å²) in [6, 6.07) is 9.00. The summed E-state index contributed by atoms with van der Waals surface area (Å²) in [5.41, 5.74) is -1.14. The lowest BCUT2D eigenvalue weighted by atomic mass is 9.86. The number of hydrogen-bond acceptors (Lipinski definition) is 8. The number of amides is 1. The van der Waals surface area contributed by atoms with Gasteiger partial charge >= 0.3 is 24.3 Å². The molecular weight excluding hydrogens is 621 g/mol. The number of esters is 2. The summed E-state index contributed by atoms with van der Waals surface area (Å²) in [7, 11) is 0. The monoisotopic (exact) mass is 642 g/mol. The van der Waals surface area contributed by atoms with E-state index in [9.17, 15) is 45.1 Å². The zero-order valence-corrected chi connectivity index (χ0v) is 23.7. The van der Waals surface area contributed by atoms with Crippen LogP contribution in [0.3, 0.4) is 0 Å². The van der Waals surface area contributed by atoms with Crippen molar-refractivity contribution in [1.29, 1.82) is 0 Å². The Morgan fingerprint density at radius 3 is 2.11 bits per heavy atom. The Hall–Kier alpha value is -4.60. The first-order valence-electron chi connectivity index (χ1n) is 12.5. The number of nitrogens with one attached hydrogen (secondary N) is 2. The van der Waals surface area contributed by atoms with Gasteiger partial charge < -0.3 is 15.4 Å². The molecule has 2 aromatic heterocycles. The number of benzene rings is 2. The van der Waals surface area contributed by atoms with Gasteiger partial charge in [0, 0.05) is 11.8 Å². The van der Waals surface area contributed by atoms with Gasteiger partial charge in [-0.1, -0.05) is 50.3 Å². The second-order valence-corrected chi connectivity index (χ2v) is 11.5. The lowest BCUT2D eigenvalue weighted by Gasteiger charge is -2.29. The van der Waals surface area contributed by atoms with Gasteiger partial charge in [0.25, 0.3) is 5.91 Å². The highest BCUT2D eigenvalue weighted by Gasteiger charge is 2.45. The van der Waals surface area contributed by atoms with Crippen LogP contribution in [0.2, 0.25) is 0 Å². The molecule has 2 N–H and O–H groups in total. The average Bonchev–Trinajstić information content (AvgIpc) is 3.32. The number of rotatable bonds is 6. The van der Waals surface area contributed by atoms with E-state index < -0.39 is 53.0 Å². The topological polar surface area (TPSA) is 110 Å². The van der Waals surface area contributed by atoms with Crippen LogP contribution in [0, 0.1) is 11.2 Å². The van der Waals surface area contributed by atoms with Crippen LogP contribution in [0.1, 0.15) is 36.7 Å². The summed E-state index contributed by atoms with van der Waals surface area (Å²) in [6.07, 6.45) is -9.32. The fraction of sp³-hybridized carbons (Fsp3) is 0.250. The van der Waals surface area contributed by atoms with Crippen molar-refractivity contribution in [2.75, 3.05) is 5.32 Å². The van der Waals surface area contributed by atoms with Gasteiger partial charge in [-0.2, -0.15) is 31.3 Å². The zero-order valence-electron chi connectivity index (χ0n) is 22.9. The molecule has 0 spiro atoms. The van der Waals surface area contributed by atoms with Crippen LogP contribution in [-0.4, -0.2) is 40.0 Å². The van der Waals surface area contributed by atoms with Gasteiger partial charge in [-0.15, -0.1) is 0 Å². The van der Waals surface area contributed by atoms with Crippen molar-refractivity contribution < 1.29 is 49.9 Å². The van der Waals surface area contributed by atoms with E-state index in [0.717, 1.165) is 17.4 Å². The standard InChI is InChI=1S/C28H21F7N4O4S/c1-26(2,3)20(23(41)43-24(42)28(33,34)35)38-22(40)14-6-4-13(5-7-14)15-8-9-18(17(29)10-15)37-25-39-21-19(44-25)11-16(12-36-21)27(30,31)32/h4-12,20H,1-3H3,(H,38,40)(H,36,37,39)/t20-/m1/s1. The highest BCUT2D eigenvalue weighted by atomic mass is 32.1. The maximum atomic E-state index is 14.9. The number of carbonyl (C=O) groups is 3. The summed E-state index contributed by atoms with van der Waals surface area (Å²) in [5, 5.41) is 5.12. The number of ether oxygens (including phenoxy) is 1. The summed E-state index contributed by atoms with van der Waals surface area (Å²) >= 11 is 0.862. The van der Waals surface area contributed by atoms with Gasteiger partial charge in [-0.3, -0.25) is 4.79 Å². The van der Waals surface area contributed by atoms with Gasteiger partial charge in [0.2, 0.25) is 0 Å². The molecule has 0 saturated heterocycles. The third-order valence-corrected chi connectivity index (χ3v) is 6.97. The molecule has 1 amide bonds. The molecule has 0 saturated carbocycles. The molecule has 4 rings (SSSR count). The van der Waals surface area contributed by atoms with Crippen LogP contribution >= 0.6 is 11.3 Å². The van der Waals surface area contributed by atoms with Gasteiger partial charge in [0.15, 0.2) is 10.8 Å². The third-order valence-electron chi connectivity index (χ3n) is 6.07. The van der Waals surface area contributed by atoms with Crippen molar-refractivity contribution in [3.05, 3.63) is 71.7 Å². The second-order valence-electron chi connectivity index (χ2n) is 10.4. The smallest absolute Gasteiger partial charge is 0.385 e. The molecule has 44 heavy (non-hydrogen) atoms. The van der Waals surface area contributed by atoms with E-state index in [0.29, 0.717) is 17.3 Å². The van der Waals surface area contributed by atoms with Gasteiger partial charge in [-0.05, 0) is 46.9 Å². The molecule has 0 unspecified atom stereocenters. The van der Waals surface area contributed by atoms with Gasteiger partial charge in [-0.25, -0.2) is 19.0 Å². The largest absolute Gasteiger partial charge is 0.491 e. The summed E-state index contributed by atoms with van der Waals surface area (Å²) in [6.45, 7) is 4.35. The molecule has 0 bridgehead atoms. The zero-order chi connectivity index (χ0) is 32.6. The maximum absolute atomic E-state index is 14.9. The van der Waals surface area contributed by atoms with Crippen LogP contribution in [0.4, 0.5) is 41.6 Å². The summed E-state index contributed by atoms with van der Waals surface area (Å²) in [4.78, 5) is 43.9. The molecule has 0 fully saturated rings. The molecule has 0 aliphatic carbocycles. The van der Waals surface area contributed by atoms with E-state index in [1.165, 1.54) is 63.2 Å². The highest BCUT2D eigenvalue weighted by molar-refractivity contribution is 7.22. The highest BCUT2D eigenvalue weighted by Crippen LogP contribution is 2.35. The molecule has 16 heteroatoms. The number of halogens is 7. The molecule has 0 aliphatic heterocycles. The quantitative estimate of drug-likeness (QED) is 0.132. The number of alkyl halides is 6. The van der Waals surface area contributed by atoms with Crippen molar-refractivity contribution in [3.8, 4) is 11.1 Å². The first-order valence-corrected chi connectivity index (χ1v) is 13.3. The Balaban J connectivity index is 1.46. The number of carbonyl (C=O) groups excluding carboxylic acids is 3. The Morgan fingerprint density at radius 2 is 1.55 bits per heavy atom. The number of aromatic nitrogens is 2. The minimum atomic E-state index is -5.40. The molecule has 0 radical (unpaired) electrons. The fourth-order valence-corrected chi connectivity index (χ4v) is 4.68. The minimum absolute atomic E-state index is 0.00910. The van der Waals surface area contributed by atoms with Gasteiger partial charge in [0.05, 0.1) is 16.0 Å². The summed E-state index contributed by atoms with van der Waals surface area (Å²) < 4.78 is 95.5. The van der Waals surface area contributed by atoms with Crippen LogP contribution in [-0.2, 0) is 20.5 Å². The lowest BCUT2D eigenvalue weighted by molar-refractivity contribution is -0.203. The molecule has 8 nitrogen and oxygen atoms in total. The Labute approximate surface area is 248 Å². The number of hydrogen-bond donors (Lipinski definition) is 2. The average molecular weight is 643 g/mol. The Kier molecular flexibility index (Phi) is 8.68. The Morgan fingerprint density at radius 1 is 0.909 bits per heavy atom. The van der Waals surface area contributed by atoms with Crippen LogP contribution in [0.15, 0.2) is 54.7 Å². The van der Waals surface area contributed by atoms with Crippen LogP contribution < -0.4 is 10.6 Å². The molecule has 0 aliphatic rings.